The number of aromatic nitrogens is 3. The number of aliphatic hydroxyl groups is 2. The van der Waals surface area contributed by atoms with E-state index in [9.17, 15) is 25.1 Å². The van der Waals surface area contributed by atoms with Crippen molar-refractivity contribution in [3.8, 4) is 0 Å². The molecule has 2 heterocycles. The van der Waals surface area contributed by atoms with Gasteiger partial charge in [-0.25, -0.2) is 4.68 Å². The predicted molar refractivity (Wildman–Crippen MR) is 76.7 cm³/mol. The topological polar surface area (TPSA) is 150 Å². The monoisotopic (exact) mass is 338 g/mol. The number of hydrogen-bond donors (Lipinski definition) is 2. The highest BCUT2D eigenvalue weighted by atomic mass is 16.6. The molecule has 1 aromatic carbocycles. The Hall–Kier alpha value is -2.63. The van der Waals surface area contributed by atoms with E-state index in [0.29, 0.717) is 0 Å². The normalized spacial score (nSPS) is 26.6. The highest BCUT2D eigenvalue weighted by molar-refractivity contribution is 5.83. The number of hydrogen-bond acceptors (Lipinski definition) is 9. The second-order valence-electron chi connectivity index (χ2n) is 5.28. The summed E-state index contributed by atoms with van der Waals surface area (Å²) < 4.78 is 11.4. The van der Waals surface area contributed by atoms with Crippen LogP contribution in [0.15, 0.2) is 18.2 Å². The minimum absolute atomic E-state index is 0.0382. The van der Waals surface area contributed by atoms with E-state index >= 15 is 0 Å². The van der Waals surface area contributed by atoms with Crippen molar-refractivity contribution >= 4 is 22.7 Å². The first kappa shape index (κ1) is 16.2. The highest BCUT2D eigenvalue weighted by Gasteiger charge is 2.45. The van der Waals surface area contributed by atoms with E-state index in [1.165, 1.54) is 25.1 Å². The van der Waals surface area contributed by atoms with Gasteiger partial charge in [0.2, 0.25) is 0 Å². The van der Waals surface area contributed by atoms with Crippen LogP contribution >= 0.6 is 0 Å². The smallest absolute Gasteiger partial charge is 0.302 e. The number of benzene rings is 1. The number of aliphatic hydroxyl groups excluding tert-OH is 2. The Morgan fingerprint density at radius 2 is 2.21 bits per heavy atom. The van der Waals surface area contributed by atoms with Crippen LogP contribution in [0.5, 0.6) is 0 Å². The molecular formula is C13H14N4O7. The van der Waals surface area contributed by atoms with Crippen LogP contribution in [-0.4, -0.2) is 61.0 Å². The Bertz CT molecular complexity index is 792. The fourth-order valence-electron chi connectivity index (χ4n) is 2.55. The van der Waals surface area contributed by atoms with Crippen molar-refractivity contribution in [3.63, 3.8) is 0 Å². The molecule has 0 unspecified atom stereocenters. The van der Waals surface area contributed by atoms with Crippen molar-refractivity contribution in [1.29, 1.82) is 0 Å². The maximum atomic E-state index is 11.0. The quantitative estimate of drug-likeness (QED) is 0.428. The summed E-state index contributed by atoms with van der Waals surface area (Å²) in [6.07, 6.45) is -4.75. The third-order valence-corrected chi connectivity index (χ3v) is 3.71. The standard InChI is InChI=1S/C13H14N4O7/c1-6(18)23-5-9-11(19)12(20)13(24-9)16-7-3-2-4-8(17(21)22)10(7)14-15-16/h2-4,9,11-13,19-20H,5H2,1H3/t9-,11+,12-,13-/m1/s1. The first-order valence-corrected chi connectivity index (χ1v) is 7.03. The Balaban J connectivity index is 1.92. The van der Waals surface area contributed by atoms with Crippen molar-refractivity contribution in [3.05, 3.63) is 28.3 Å². The summed E-state index contributed by atoms with van der Waals surface area (Å²) in [5.74, 6) is -0.550. The molecule has 0 amide bonds. The molecule has 0 spiro atoms. The lowest BCUT2D eigenvalue weighted by Crippen LogP contribution is -2.34. The van der Waals surface area contributed by atoms with Gasteiger partial charge >= 0.3 is 5.97 Å². The lowest BCUT2D eigenvalue weighted by atomic mass is 10.1. The van der Waals surface area contributed by atoms with Gasteiger partial charge in [0.25, 0.3) is 5.69 Å². The van der Waals surface area contributed by atoms with Crippen LogP contribution in [0.4, 0.5) is 5.69 Å². The summed E-state index contributed by atoms with van der Waals surface area (Å²) >= 11 is 0. The van der Waals surface area contributed by atoms with Crippen molar-refractivity contribution < 1.29 is 29.4 Å². The molecule has 1 aliphatic heterocycles. The summed E-state index contributed by atoms with van der Waals surface area (Å²) in [7, 11) is 0. The van der Waals surface area contributed by atoms with Crippen LogP contribution < -0.4 is 0 Å². The van der Waals surface area contributed by atoms with Crippen LogP contribution in [-0.2, 0) is 14.3 Å². The number of nitro benzene ring substituents is 1. The third kappa shape index (κ3) is 2.68. The van der Waals surface area contributed by atoms with Gasteiger partial charge in [-0.1, -0.05) is 11.3 Å². The number of rotatable bonds is 4. The number of fused-ring (bicyclic) bond motifs is 1. The summed E-state index contributed by atoms with van der Waals surface area (Å²) in [4.78, 5) is 21.3. The zero-order chi connectivity index (χ0) is 17.4. The highest BCUT2D eigenvalue weighted by Crippen LogP contribution is 2.32. The molecule has 4 atom stereocenters. The van der Waals surface area contributed by atoms with E-state index in [-0.39, 0.29) is 23.3 Å². The molecule has 2 N–H and O–H groups in total. The van der Waals surface area contributed by atoms with Crippen LogP contribution in [0.25, 0.3) is 11.0 Å². The van der Waals surface area contributed by atoms with Gasteiger partial charge < -0.3 is 19.7 Å². The SMILES string of the molecule is CC(=O)OC[C@H]1O[C@@H](n2nnc3c([N+](=O)[O-])cccc32)[C@H](O)[C@H]1O. The molecule has 128 valence electrons. The molecule has 0 aliphatic carbocycles. The largest absolute Gasteiger partial charge is 0.463 e. The van der Waals surface area contributed by atoms with Gasteiger partial charge in [0, 0.05) is 13.0 Å². The van der Waals surface area contributed by atoms with E-state index < -0.39 is 35.4 Å². The number of carbonyl (C=O) groups is 1. The average Bonchev–Trinajstić information content (AvgIpc) is 3.08. The Kier molecular flexibility index (Phi) is 4.13. The Morgan fingerprint density at radius 3 is 2.88 bits per heavy atom. The second-order valence-corrected chi connectivity index (χ2v) is 5.28. The average molecular weight is 338 g/mol. The molecule has 0 radical (unpaired) electrons. The molecule has 0 bridgehead atoms. The van der Waals surface area contributed by atoms with Gasteiger partial charge in [-0.05, 0) is 6.07 Å². The summed E-state index contributed by atoms with van der Waals surface area (Å²) in [5, 5.41) is 38.8. The van der Waals surface area contributed by atoms with E-state index in [1.54, 1.807) is 0 Å². The zero-order valence-corrected chi connectivity index (χ0v) is 12.5. The molecule has 1 saturated heterocycles. The number of ether oxygens (including phenoxy) is 2. The molecule has 24 heavy (non-hydrogen) atoms. The number of non-ortho nitro benzene ring substituents is 1. The Labute approximate surface area is 134 Å². The van der Waals surface area contributed by atoms with Crippen molar-refractivity contribution in [1.82, 2.24) is 15.0 Å². The van der Waals surface area contributed by atoms with Gasteiger partial charge in [-0.3, -0.25) is 14.9 Å². The van der Waals surface area contributed by atoms with Crippen molar-refractivity contribution in [2.24, 2.45) is 0 Å². The van der Waals surface area contributed by atoms with Crippen LogP contribution in [0.3, 0.4) is 0 Å². The molecule has 1 aromatic heterocycles. The van der Waals surface area contributed by atoms with Crippen LogP contribution in [0, 0.1) is 10.1 Å². The maximum Gasteiger partial charge on any atom is 0.302 e. The fourth-order valence-corrected chi connectivity index (χ4v) is 2.55. The minimum atomic E-state index is -1.37. The zero-order valence-electron chi connectivity index (χ0n) is 12.5. The maximum absolute atomic E-state index is 11.0. The third-order valence-electron chi connectivity index (χ3n) is 3.71. The predicted octanol–water partition coefficient (Wildman–Crippen LogP) is -0.478. The molecule has 3 rings (SSSR count). The molecule has 1 aliphatic rings. The van der Waals surface area contributed by atoms with Crippen LogP contribution in [0.1, 0.15) is 13.2 Å². The summed E-state index contributed by atoms with van der Waals surface area (Å²) in [6.45, 7) is 0.968. The number of nitrogens with zero attached hydrogens (tertiary/aromatic N) is 4. The first-order valence-electron chi connectivity index (χ1n) is 7.03. The van der Waals surface area contributed by atoms with E-state index in [4.69, 9.17) is 9.47 Å². The van der Waals surface area contributed by atoms with E-state index in [1.807, 2.05) is 0 Å². The second kappa shape index (κ2) is 6.11. The van der Waals surface area contributed by atoms with Gasteiger partial charge in [0.05, 0.1) is 10.4 Å². The van der Waals surface area contributed by atoms with Crippen molar-refractivity contribution in [2.75, 3.05) is 6.61 Å². The van der Waals surface area contributed by atoms with Crippen LogP contribution in [0.2, 0.25) is 0 Å². The van der Waals surface area contributed by atoms with Crippen molar-refractivity contribution in [2.45, 2.75) is 31.5 Å². The van der Waals surface area contributed by atoms with Gasteiger partial charge in [-0.2, -0.15) is 0 Å². The lowest BCUT2D eigenvalue weighted by Gasteiger charge is -2.15. The van der Waals surface area contributed by atoms with Gasteiger partial charge in [0.1, 0.15) is 24.9 Å². The van der Waals surface area contributed by atoms with Gasteiger partial charge in [0.15, 0.2) is 11.7 Å². The molecule has 2 aromatic rings. The molecule has 11 heteroatoms. The van der Waals surface area contributed by atoms with E-state index in [0.717, 1.165) is 4.68 Å². The number of esters is 1. The Morgan fingerprint density at radius 1 is 1.46 bits per heavy atom. The van der Waals surface area contributed by atoms with E-state index in [2.05, 4.69) is 10.3 Å². The molecule has 1 fully saturated rings. The fraction of sp³-hybridized carbons (Fsp3) is 0.462. The lowest BCUT2D eigenvalue weighted by molar-refractivity contribution is -0.383. The molecule has 11 nitrogen and oxygen atoms in total. The summed E-state index contributed by atoms with van der Waals surface area (Å²) in [5.41, 5.74) is 0.0769. The number of nitro groups is 1. The number of carbonyl (C=O) groups excluding carboxylic acids is 1. The molecular weight excluding hydrogens is 324 g/mol. The minimum Gasteiger partial charge on any atom is -0.463 e. The summed E-state index contributed by atoms with van der Waals surface area (Å²) in [6, 6.07) is 4.27. The molecule has 0 saturated carbocycles. The first-order chi connectivity index (χ1) is 11.4. The van der Waals surface area contributed by atoms with Gasteiger partial charge in [-0.15, -0.1) is 5.10 Å².